The van der Waals surface area contributed by atoms with E-state index in [0.29, 0.717) is 11.8 Å². The SMILES string of the molecule is NCC(Sc1ncn[nH]1)C(F)(F)F. The van der Waals surface area contributed by atoms with E-state index in [2.05, 4.69) is 15.2 Å². The summed E-state index contributed by atoms with van der Waals surface area (Å²) < 4.78 is 36.4. The number of aromatic amines is 1. The lowest BCUT2D eigenvalue weighted by Crippen LogP contribution is -2.33. The van der Waals surface area contributed by atoms with Crippen molar-refractivity contribution in [1.29, 1.82) is 0 Å². The van der Waals surface area contributed by atoms with Gasteiger partial charge < -0.3 is 5.73 Å². The number of nitrogens with one attached hydrogen (secondary N) is 1. The molecule has 0 bridgehead atoms. The van der Waals surface area contributed by atoms with E-state index < -0.39 is 18.0 Å². The lowest BCUT2D eigenvalue weighted by molar-refractivity contribution is -0.126. The monoisotopic (exact) mass is 212 g/mol. The number of rotatable bonds is 3. The molecular formula is C5H7F3N4S. The van der Waals surface area contributed by atoms with E-state index in [1.54, 1.807) is 0 Å². The number of thioether (sulfide) groups is 1. The fourth-order valence-electron chi connectivity index (χ4n) is 0.634. The highest BCUT2D eigenvalue weighted by Crippen LogP contribution is 2.32. The quantitative estimate of drug-likeness (QED) is 0.727. The van der Waals surface area contributed by atoms with Gasteiger partial charge in [0.15, 0.2) is 5.16 Å². The Morgan fingerprint density at radius 2 is 2.31 bits per heavy atom. The van der Waals surface area contributed by atoms with Crippen molar-refractivity contribution in [3.05, 3.63) is 6.33 Å². The van der Waals surface area contributed by atoms with Gasteiger partial charge in [-0.15, -0.1) is 0 Å². The van der Waals surface area contributed by atoms with Crippen molar-refractivity contribution in [3.8, 4) is 0 Å². The van der Waals surface area contributed by atoms with Crippen LogP contribution >= 0.6 is 11.8 Å². The zero-order valence-corrected chi connectivity index (χ0v) is 7.19. The van der Waals surface area contributed by atoms with Gasteiger partial charge in [0.25, 0.3) is 0 Å². The topological polar surface area (TPSA) is 67.6 Å². The van der Waals surface area contributed by atoms with Crippen LogP contribution in [0.5, 0.6) is 0 Å². The van der Waals surface area contributed by atoms with Gasteiger partial charge >= 0.3 is 6.18 Å². The average molecular weight is 212 g/mol. The van der Waals surface area contributed by atoms with E-state index in [1.807, 2.05) is 0 Å². The number of hydrogen-bond donors (Lipinski definition) is 2. The van der Waals surface area contributed by atoms with Crippen molar-refractivity contribution >= 4 is 11.8 Å². The zero-order chi connectivity index (χ0) is 9.90. The van der Waals surface area contributed by atoms with Crippen molar-refractivity contribution in [2.75, 3.05) is 6.54 Å². The Kier molecular flexibility index (Phi) is 3.15. The molecule has 0 saturated heterocycles. The van der Waals surface area contributed by atoms with Crippen LogP contribution in [0, 0.1) is 0 Å². The van der Waals surface area contributed by atoms with Gasteiger partial charge in [-0.05, 0) is 0 Å². The van der Waals surface area contributed by atoms with Crippen LogP contribution in [0.25, 0.3) is 0 Å². The molecule has 1 aromatic heterocycles. The molecule has 1 rings (SSSR count). The van der Waals surface area contributed by atoms with E-state index >= 15 is 0 Å². The normalized spacial score (nSPS) is 14.5. The molecule has 74 valence electrons. The predicted octanol–water partition coefficient (Wildman–Crippen LogP) is 0.786. The number of H-pyrrole nitrogens is 1. The van der Waals surface area contributed by atoms with Crippen LogP contribution in [0.2, 0.25) is 0 Å². The van der Waals surface area contributed by atoms with Crippen molar-refractivity contribution in [3.63, 3.8) is 0 Å². The Bertz CT molecular complexity index is 247. The lowest BCUT2D eigenvalue weighted by atomic mass is 10.4. The number of halogens is 3. The Labute approximate surface area is 76.1 Å². The fraction of sp³-hybridized carbons (Fsp3) is 0.600. The predicted molar refractivity (Wildman–Crippen MR) is 41.1 cm³/mol. The molecule has 0 aliphatic carbocycles. The number of nitrogens with two attached hydrogens (primary N) is 1. The number of nitrogens with zero attached hydrogens (tertiary/aromatic N) is 2. The van der Waals surface area contributed by atoms with E-state index in [4.69, 9.17) is 5.73 Å². The van der Waals surface area contributed by atoms with Gasteiger partial charge in [-0.25, -0.2) is 4.98 Å². The number of aromatic nitrogens is 3. The summed E-state index contributed by atoms with van der Waals surface area (Å²) in [6.45, 7) is -0.477. The van der Waals surface area contributed by atoms with Gasteiger partial charge in [-0.3, -0.25) is 5.10 Å². The molecule has 0 amide bonds. The third-order valence-corrected chi connectivity index (χ3v) is 2.39. The Morgan fingerprint density at radius 3 is 2.69 bits per heavy atom. The maximum absolute atomic E-state index is 12.1. The summed E-state index contributed by atoms with van der Waals surface area (Å²) in [6, 6.07) is 0. The molecule has 8 heteroatoms. The number of hydrogen-bond acceptors (Lipinski definition) is 4. The third kappa shape index (κ3) is 2.88. The van der Waals surface area contributed by atoms with Crippen LogP contribution in [0.1, 0.15) is 0 Å². The maximum atomic E-state index is 12.1. The minimum Gasteiger partial charge on any atom is -0.329 e. The second-order valence-corrected chi connectivity index (χ2v) is 3.37. The zero-order valence-electron chi connectivity index (χ0n) is 6.38. The van der Waals surface area contributed by atoms with Crippen molar-refractivity contribution < 1.29 is 13.2 Å². The lowest BCUT2D eigenvalue weighted by Gasteiger charge is -2.15. The summed E-state index contributed by atoms with van der Waals surface area (Å²) in [4.78, 5) is 3.56. The van der Waals surface area contributed by atoms with Crippen LogP contribution in [-0.2, 0) is 0 Å². The second-order valence-electron chi connectivity index (χ2n) is 2.17. The van der Waals surface area contributed by atoms with Gasteiger partial charge in [-0.2, -0.15) is 18.3 Å². The molecule has 0 aliphatic heterocycles. The summed E-state index contributed by atoms with van der Waals surface area (Å²) in [5.41, 5.74) is 4.97. The molecule has 1 unspecified atom stereocenters. The van der Waals surface area contributed by atoms with Gasteiger partial charge in [0.1, 0.15) is 11.6 Å². The Morgan fingerprint density at radius 1 is 1.62 bits per heavy atom. The first kappa shape index (κ1) is 10.3. The first-order valence-electron chi connectivity index (χ1n) is 3.33. The molecule has 1 atom stereocenters. The van der Waals surface area contributed by atoms with Crippen molar-refractivity contribution in [1.82, 2.24) is 15.2 Å². The van der Waals surface area contributed by atoms with Gasteiger partial charge in [0, 0.05) is 6.54 Å². The first-order valence-corrected chi connectivity index (χ1v) is 4.21. The molecule has 0 aromatic carbocycles. The van der Waals surface area contributed by atoms with E-state index in [9.17, 15) is 13.2 Å². The maximum Gasteiger partial charge on any atom is 0.402 e. The van der Waals surface area contributed by atoms with Crippen LogP contribution in [0.15, 0.2) is 11.5 Å². The molecule has 3 N–H and O–H groups in total. The van der Waals surface area contributed by atoms with Crippen molar-refractivity contribution in [2.24, 2.45) is 5.73 Å². The highest BCUT2D eigenvalue weighted by molar-refractivity contribution is 7.99. The number of alkyl halides is 3. The van der Waals surface area contributed by atoms with Crippen LogP contribution in [-0.4, -0.2) is 33.2 Å². The summed E-state index contributed by atoms with van der Waals surface area (Å²) in [5, 5.41) is 4.23. The molecule has 0 spiro atoms. The van der Waals surface area contributed by atoms with E-state index in [0.717, 1.165) is 6.33 Å². The minimum absolute atomic E-state index is 0.118. The summed E-state index contributed by atoms with van der Waals surface area (Å²) in [5.74, 6) is 0. The van der Waals surface area contributed by atoms with Crippen LogP contribution in [0.3, 0.4) is 0 Å². The molecule has 13 heavy (non-hydrogen) atoms. The molecule has 0 radical (unpaired) electrons. The minimum atomic E-state index is -4.31. The summed E-state index contributed by atoms with van der Waals surface area (Å²) >= 11 is 0.523. The molecule has 0 fully saturated rings. The Hall–Kier alpha value is -0.760. The fourth-order valence-corrected chi connectivity index (χ4v) is 1.35. The standard InChI is InChI=1S/C5H7F3N4S/c6-5(7,8)3(1-9)13-4-10-2-11-12-4/h2-3H,1,9H2,(H,10,11,12). The van der Waals surface area contributed by atoms with Gasteiger partial charge in [0.2, 0.25) is 0 Å². The van der Waals surface area contributed by atoms with E-state index in [1.165, 1.54) is 0 Å². The van der Waals surface area contributed by atoms with Crippen molar-refractivity contribution in [2.45, 2.75) is 16.6 Å². The van der Waals surface area contributed by atoms with E-state index in [-0.39, 0.29) is 5.16 Å². The summed E-state index contributed by atoms with van der Waals surface area (Å²) in [6.07, 6.45) is -3.17. The first-order chi connectivity index (χ1) is 6.04. The average Bonchev–Trinajstić information content (AvgIpc) is 2.49. The van der Waals surface area contributed by atoms with Crippen LogP contribution < -0.4 is 5.73 Å². The summed E-state index contributed by atoms with van der Waals surface area (Å²) in [7, 11) is 0. The highest BCUT2D eigenvalue weighted by Gasteiger charge is 2.39. The molecule has 0 aliphatic rings. The molecule has 1 heterocycles. The van der Waals surface area contributed by atoms with Gasteiger partial charge in [0.05, 0.1) is 0 Å². The highest BCUT2D eigenvalue weighted by atomic mass is 32.2. The molecule has 4 nitrogen and oxygen atoms in total. The largest absolute Gasteiger partial charge is 0.402 e. The molecular weight excluding hydrogens is 205 g/mol. The third-order valence-electron chi connectivity index (χ3n) is 1.23. The van der Waals surface area contributed by atoms with Gasteiger partial charge in [-0.1, -0.05) is 11.8 Å². The molecule has 0 saturated carbocycles. The second kappa shape index (κ2) is 3.97. The Balaban J connectivity index is 2.60. The molecule has 1 aromatic rings. The smallest absolute Gasteiger partial charge is 0.329 e. The van der Waals surface area contributed by atoms with Crippen LogP contribution in [0.4, 0.5) is 13.2 Å².